The van der Waals surface area contributed by atoms with Crippen LogP contribution in [0.2, 0.25) is 5.02 Å². The van der Waals surface area contributed by atoms with Gasteiger partial charge in [-0.05, 0) is 37.6 Å². The van der Waals surface area contributed by atoms with Crippen LogP contribution in [0.15, 0.2) is 39.7 Å². The fraction of sp³-hybridized carbons (Fsp3) is 0.263. The molecule has 5 nitrogen and oxygen atoms in total. The maximum Gasteiger partial charge on any atom is 0.339 e. The number of hydrogen-bond acceptors (Lipinski definition) is 5. The van der Waals surface area contributed by atoms with E-state index in [4.69, 9.17) is 20.8 Å². The lowest BCUT2D eigenvalue weighted by Gasteiger charge is -2.29. The SMILES string of the molecule is Cc1c(C)c2cc(Cl)c3c(c2oc1=O)CN(Cc1ccccn1)CO3. The van der Waals surface area contributed by atoms with Crippen molar-refractivity contribution < 1.29 is 9.15 Å². The second-order valence-electron chi connectivity index (χ2n) is 6.26. The molecule has 2 aromatic heterocycles. The number of benzene rings is 1. The molecule has 0 aliphatic carbocycles. The summed E-state index contributed by atoms with van der Waals surface area (Å²) in [6.07, 6.45) is 1.77. The highest BCUT2D eigenvalue weighted by Crippen LogP contribution is 2.39. The Morgan fingerprint density at radius 1 is 1.28 bits per heavy atom. The van der Waals surface area contributed by atoms with Crippen LogP contribution in [0.25, 0.3) is 11.0 Å². The minimum atomic E-state index is -0.323. The Hall–Kier alpha value is -2.37. The molecule has 0 fully saturated rings. The van der Waals surface area contributed by atoms with Crippen LogP contribution in [0.3, 0.4) is 0 Å². The topological polar surface area (TPSA) is 55.6 Å². The molecule has 0 bridgehead atoms. The van der Waals surface area contributed by atoms with Gasteiger partial charge in [-0.2, -0.15) is 0 Å². The first-order valence-corrected chi connectivity index (χ1v) is 8.43. The molecule has 3 heterocycles. The van der Waals surface area contributed by atoms with Crippen LogP contribution in [-0.2, 0) is 13.1 Å². The van der Waals surface area contributed by atoms with Gasteiger partial charge in [0.15, 0.2) is 0 Å². The second kappa shape index (κ2) is 6.17. The molecule has 4 rings (SSSR count). The molecule has 0 N–H and O–H groups in total. The largest absolute Gasteiger partial charge is 0.476 e. The fourth-order valence-electron chi connectivity index (χ4n) is 3.13. The molecular weight excluding hydrogens is 340 g/mol. The first-order chi connectivity index (χ1) is 12.0. The number of hydrogen-bond donors (Lipinski definition) is 0. The summed E-state index contributed by atoms with van der Waals surface area (Å²) in [5, 5.41) is 1.39. The quantitative estimate of drug-likeness (QED) is 0.653. The molecular formula is C19H17ClN2O3. The van der Waals surface area contributed by atoms with E-state index in [9.17, 15) is 4.79 Å². The molecule has 0 saturated carbocycles. The Morgan fingerprint density at radius 2 is 2.12 bits per heavy atom. The summed E-state index contributed by atoms with van der Waals surface area (Å²) < 4.78 is 11.5. The Morgan fingerprint density at radius 3 is 2.88 bits per heavy atom. The molecule has 0 spiro atoms. The Kier molecular flexibility index (Phi) is 3.98. The Bertz CT molecular complexity index is 1010. The van der Waals surface area contributed by atoms with Gasteiger partial charge in [-0.15, -0.1) is 0 Å². The van der Waals surface area contributed by atoms with Crippen LogP contribution >= 0.6 is 11.6 Å². The van der Waals surface area contributed by atoms with Crippen molar-refractivity contribution in [1.82, 2.24) is 9.88 Å². The lowest BCUT2D eigenvalue weighted by atomic mass is 10.0. The summed E-state index contributed by atoms with van der Waals surface area (Å²) in [5.41, 5.74) is 3.48. The van der Waals surface area contributed by atoms with E-state index < -0.39 is 0 Å². The molecule has 0 radical (unpaired) electrons. The van der Waals surface area contributed by atoms with Gasteiger partial charge < -0.3 is 9.15 Å². The van der Waals surface area contributed by atoms with E-state index in [1.807, 2.05) is 31.2 Å². The third-order valence-electron chi connectivity index (χ3n) is 4.63. The van der Waals surface area contributed by atoms with Crippen LogP contribution < -0.4 is 10.4 Å². The molecule has 6 heteroatoms. The Labute approximate surface area is 149 Å². The van der Waals surface area contributed by atoms with Gasteiger partial charge in [0.2, 0.25) is 0 Å². The van der Waals surface area contributed by atoms with E-state index in [1.165, 1.54) is 0 Å². The van der Waals surface area contributed by atoms with E-state index in [0.29, 0.717) is 41.7 Å². The first kappa shape index (κ1) is 16.1. The molecule has 0 saturated heterocycles. The minimum Gasteiger partial charge on any atom is -0.476 e. The first-order valence-electron chi connectivity index (χ1n) is 8.05. The number of fused-ring (bicyclic) bond motifs is 3. The number of aromatic nitrogens is 1. The van der Waals surface area contributed by atoms with Crippen LogP contribution in [-0.4, -0.2) is 16.6 Å². The van der Waals surface area contributed by atoms with Gasteiger partial charge in [-0.3, -0.25) is 9.88 Å². The summed E-state index contributed by atoms with van der Waals surface area (Å²) in [7, 11) is 0. The van der Waals surface area contributed by atoms with Crippen LogP contribution in [0, 0.1) is 13.8 Å². The van der Waals surface area contributed by atoms with Crippen LogP contribution in [0.1, 0.15) is 22.4 Å². The van der Waals surface area contributed by atoms with Gasteiger partial charge in [0.25, 0.3) is 0 Å². The average Bonchev–Trinajstić information content (AvgIpc) is 2.62. The van der Waals surface area contributed by atoms with Crippen molar-refractivity contribution in [1.29, 1.82) is 0 Å². The van der Waals surface area contributed by atoms with E-state index in [-0.39, 0.29) is 5.63 Å². The lowest BCUT2D eigenvalue weighted by Crippen LogP contribution is -2.32. The molecule has 128 valence electrons. The summed E-state index contributed by atoms with van der Waals surface area (Å²) >= 11 is 6.42. The van der Waals surface area contributed by atoms with Gasteiger partial charge in [0.05, 0.1) is 16.3 Å². The molecule has 1 aromatic carbocycles. The zero-order valence-electron chi connectivity index (χ0n) is 14.0. The molecule has 1 aliphatic rings. The van der Waals surface area contributed by atoms with Gasteiger partial charge in [0, 0.05) is 30.2 Å². The van der Waals surface area contributed by atoms with Crippen molar-refractivity contribution in [2.45, 2.75) is 26.9 Å². The lowest BCUT2D eigenvalue weighted by molar-refractivity contribution is 0.0879. The van der Waals surface area contributed by atoms with Crippen molar-refractivity contribution in [3.63, 3.8) is 0 Å². The maximum absolute atomic E-state index is 12.1. The second-order valence-corrected chi connectivity index (χ2v) is 6.67. The summed E-state index contributed by atoms with van der Waals surface area (Å²) in [6, 6.07) is 7.63. The third-order valence-corrected chi connectivity index (χ3v) is 4.91. The number of rotatable bonds is 2. The number of aryl methyl sites for hydroxylation is 1. The van der Waals surface area contributed by atoms with Crippen molar-refractivity contribution in [2.75, 3.05) is 6.73 Å². The predicted molar refractivity (Wildman–Crippen MR) is 95.9 cm³/mol. The monoisotopic (exact) mass is 356 g/mol. The number of nitrogens with zero attached hydrogens (tertiary/aromatic N) is 2. The molecule has 1 aliphatic heterocycles. The van der Waals surface area contributed by atoms with Crippen LogP contribution in [0.5, 0.6) is 5.75 Å². The van der Waals surface area contributed by atoms with Crippen molar-refractivity contribution in [2.24, 2.45) is 0 Å². The number of halogens is 1. The van der Waals surface area contributed by atoms with E-state index >= 15 is 0 Å². The third kappa shape index (κ3) is 2.79. The highest BCUT2D eigenvalue weighted by atomic mass is 35.5. The predicted octanol–water partition coefficient (Wildman–Crippen LogP) is 3.81. The van der Waals surface area contributed by atoms with Gasteiger partial charge in [-0.25, -0.2) is 4.79 Å². The number of pyridine rings is 1. The zero-order chi connectivity index (χ0) is 17.6. The molecule has 25 heavy (non-hydrogen) atoms. The molecule has 0 amide bonds. The van der Waals surface area contributed by atoms with Gasteiger partial charge in [0.1, 0.15) is 18.1 Å². The Balaban J connectivity index is 1.80. The van der Waals surface area contributed by atoms with Crippen LogP contribution in [0.4, 0.5) is 0 Å². The van der Waals surface area contributed by atoms with Crippen molar-refractivity contribution in [3.05, 3.63) is 68.3 Å². The van der Waals surface area contributed by atoms with Crippen molar-refractivity contribution >= 4 is 22.6 Å². The average molecular weight is 357 g/mol. The highest BCUT2D eigenvalue weighted by Gasteiger charge is 2.25. The molecule has 0 atom stereocenters. The highest BCUT2D eigenvalue weighted by molar-refractivity contribution is 6.33. The number of ether oxygens (including phenoxy) is 1. The molecule has 0 unspecified atom stereocenters. The summed E-state index contributed by atoms with van der Waals surface area (Å²) in [5.74, 6) is 0.595. The zero-order valence-corrected chi connectivity index (χ0v) is 14.8. The van der Waals surface area contributed by atoms with Gasteiger partial charge >= 0.3 is 5.63 Å². The normalized spacial score (nSPS) is 14.4. The maximum atomic E-state index is 12.1. The van der Waals surface area contributed by atoms with E-state index in [1.54, 1.807) is 13.1 Å². The van der Waals surface area contributed by atoms with E-state index in [0.717, 1.165) is 22.2 Å². The van der Waals surface area contributed by atoms with Crippen molar-refractivity contribution in [3.8, 4) is 5.75 Å². The standard InChI is InChI=1S/C19H17ClN2O3/c1-11-12(2)19(23)25-17-14(11)7-16(20)18-15(17)9-22(10-24-18)8-13-5-3-4-6-21-13/h3-7H,8-10H2,1-2H3. The van der Waals surface area contributed by atoms with E-state index in [2.05, 4.69) is 9.88 Å². The summed E-state index contributed by atoms with van der Waals surface area (Å²) in [6.45, 7) is 5.30. The smallest absolute Gasteiger partial charge is 0.339 e. The summed E-state index contributed by atoms with van der Waals surface area (Å²) in [4.78, 5) is 18.6. The molecule has 3 aromatic rings. The van der Waals surface area contributed by atoms with Gasteiger partial charge in [-0.1, -0.05) is 17.7 Å². The fourth-order valence-corrected chi connectivity index (χ4v) is 3.41. The minimum absolute atomic E-state index is 0.323.